The first-order chi connectivity index (χ1) is 10.0. The average Bonchev–Trinajstić information content (AvgIpc) is 2.68. The molecule has 1 aromatic rings. The third-order valence-electron chi connectivity index (χ3n) is 3.81. The van der Waals surface area contributed by atoms with Crippen LogP contribution in [-0.4, -0.2) is 7.05 Å². The van der Waals surface area contributed by atoms with Gasteiger partial charge in [0.2, 0.25) is 0 Å². The van der Waals surface area contributed by atoms with E-state index >= 15 is 0 Å². The number of anilines is 1. The zero-order chi connectivity index (χ0) is 15.5. The molecule has 0 atom stereocenters. The molecule has 1 aliphatic rings. The second kappa shape index (κ2) is 5.69. The summed E-state index contributed by atoms with van der Waals surface area (Å²) in [5.41, 5.74) is 3.74. The van der Waals surface area contributed by atoms with Gasteiger partial charge in [0.05, 0.1) is 0 Å². The highest BCUT2D eigenvalue weighted by atomic mass is 15.2. The third kappa shape index (κ3) is 2.59. The molecule has 2 rings (SSSR count). The zero-order valence-corrected chi connectivity index (χ0v) is 12.5. The molecule has 0 unspecified atom stereocenters. The molecule has 0 saturated carbocycles. The summed E-state index contributed by atoms with van der Waals surface area (Å²) in [5.74, 6) is 0. The molecule has 0 bridgehead atoms. The lowest BCUT2D eigenvalue weighted by Crippen LogP contribution is -2.22. The van der Waals surface area contributed by atoms with Gasteiger partial charge in [0.1, 0.15) is 17.7 Å². The number of benzene rings is 1. The van der Waals surface area contributed by atoms with Crippen molar-refractivity contribution in [3.05, 3.63) is 65.4 Å². The van der Waals surface area contributed by atoms with Crippen LogP contribution in [0.2, 0.25) is 0 Å². The Labute approximate surface area is 125 Å². The SMILES string of the molecule is CN1/C(=C/C=C/C=C(C#N)C#N)C(C)(C)c2ccccc21. The smallest absolute Gasteiger partial charge is 0.129 e. The first kappa shape index (κ1) is 14.6. The van der Waals surface area contributed by atoms with Gasteiger partial charge in [-0.25, -0.2) is 0 Å². The lowest BCUT2D eigenvalue weighted by Gasteiger charge is -2.23. The van der Waals surface area contributed by atoms with Gasteiger partial charge in [0.15, 0.2) is 0 Å². The van der Waals surface area contributed by atoms with Crippen LogP contribution in [0.15, 0.2) is 59.8 Å². The van der Waals surface area contributed by atoms with E-state index in [4.69, 9.17) is 10.5 Å². The van der Waals surface area contributed by atoms with Crippen molar-refractivity contribution in [1.29, 1.82) is 10.5 Å². The molecule has 104 valence electrons. The Balaban J connectivity index is 2.33. The highest BCUT2D eigenvalue weighted by Gasteiger charge is 2.37. The highest BCUT2D eigenvalue weighted by molar-refractivity contribution is 5.70. The van der Waals surface area contributed by atoms with E-state index in [1.165, 1.54) is 23.0 Å². The normalized spacial score (nSPS) is 17.4. The summed E-state index contributed by atoms with van der Waals surface area (Å²) < 4.78 is 0. The van der Waals surface area contributed by atoms with Gasteiger partial charge in [-0.15, -0.1) is 0 Å². The molecule has 0 amide bonds. The molecule has 1 aromatic carbocycles. The molecule has 3 nitrogen and oxygen atoms in total. The number of rotatable bonds is 2. The third-order valence-corrected chi connectivity index (χ3v) is 3.81. The minimum Gasteiger partial charge on any atom is -0.347 e. The zero-order valence-electron chi connectivity index (χ0n) is 12.5. The fraction of sp³-hybridized carbons (Fsp3) is 0.222. The topological polar surface area (TPSA) is 50.8 Å². The fourth-order valence-electron chi connectivity index (χ4n) is 2.70. The van der Waals surface area contributed by atoms with Crippen LogP contribution in [0, 0.1) is 22.7 Å². The van der Waals surface area contributed by atoms with Crippen LogP contribution >= 0.6 is 0 Å². The molecule has 1 heterocycles. The minimum absolute atomic E-state index is 0.0628. The molecule has 0 radical (unpaired) electrons. The van der Waals surface area contributed by atoms with Crippen molar-refractivity contribution in [3.8, 4) is 12.1 Å². The van der Waals surface area contributed by atoms with Crippen LogP contribution in [0.5, 0.6) is 0 Å². The number of hydrogen-bond acceptors (Lipinski definition) is 3. The monoisotopic (exact) mass is 275 g/mol. The molecule has 3 heteroatoms. The van der Waals surface area contributed by atoms with Crippen molar-refractivity contribution in [2.75, 3.05) is 11.9 Å². The largest absolute Gasteiger partial charge is 0.347 e. The maximum Gasteiger partial charge on any atom is 0.129 e. The second-order valence-corrected chi connectivity index (χ2v) is 5.44. The molecule has 0 aliphatic carbocycles. The number of allylic oxidation sites excluding steroid dienone is 6. The van der Waals surface area contributed by atoms with E-state index in [1.54, 1.807) is 6.08 Å². The van der Waals surface area contributed by atoms with E-state index in [9.17, 15) is 0 Å². The predicted molar refractivity (Wildman–Crippen MR) is 84.4 cm³/mol. The maximum absolute atomic E-state index is 8.68. The van der Waals surface area contributed by atoms with Crippen molar-refractivity contribution >= 4 is 5.69 Å². The maximum atomic E-state index is 8.68. The van der Waals surface area contributed by atoms with Crippen molar-refractivity contribution < 1.29 is 0 Å². The Bertz CT molecular complexity index is 706. The van der Waals surface area contributed by atoms with Crippen molar-refractivity contribution in [3.63, 3.8) is 0 Å². The van der Waals surface area contributed by atoms with Crippen LogP contribution in [0.4, 0.5) is 5.69 Å². The standard InChI is InChI=1S/C18H17N3/c1-18(2)15-9-5-6-10-16(15)21(3)17(18)11-7-4-8-14(12-19)13-20/h4-11H,1-3H3/b7-4+,17-11+. The van der Waals surface area contributed by atoms with Crippen LogP contribution in [-0.2, 0) is 5.41 Å². The first-order valence-electron chi connectivity index (χ1n) is 6.75. The lowest BCUT2D eigenvalue weighted by molar-refractivity contribution is 0.640. The summed E-state index contributed by atoms with van der Waals surface area (Å²) in [4.78, 5) is 2.18. The van der Waals surface area contributed by atoms with E-state index in [1.807, 2.05) is 30.4 Å². The number of hydrogen-bond donors (Lipinski definition) is 0. The van der Waals surface area contributed by atoms with Crippen LogP contribution < -0.4 is 4.90 Å². The minimum atomic E-state index is -0.0628. The molecular weight excluding hydrogens is 258 g/mol. The summed E-state index contributed by atoms with van der Waals surface area (Å²) in [6, 6.07) is 12.0. The number of para-hydroxylation sites is 1. The Hall–Kier alpha value is -2.78. The number of fused-ring (bicyclic) bond motifs is 1. The van der Waals surface area contributed by atoms with E-state index in [0.717, 1.165) is 0 Å². The summed E-state index contributed by atoms with van der Waals surface area (Å²) in [6.07, 6.45) is 7.14. The molecule has 0 fully saturated rings. The molecule has 0 aromatic heterocycles. The first-order valence-corrected chi connectivity index (χ1v) is 6.75. The molecule has 1 aliphatic heterocycles. The quantitative estimate of drug-likeness (QED) is 0.609. The lowest BCUT2D eigenvalue weighted by atomic mass is 9.84. The highest BCUT2D eigenvalue weighted by Crippen LogP contribution is 2.46. The van der Waals surface area contributed by atoms with Crippen LogP contribution in [0.25, 0.3) is 0 Å². The van der Waals surface area contributed by atoms with E-state index in [-0.39, 0.29) is 11.0 Å². The number of nitrogens with zero attached hydrogens (tertiary/aromatic N) is 3. The van der Waals surface area contributed by atoms with Crippen molar-refractivity contribution in [2.45, 2.75) is 19.3 Å². The Morgan fingerprint density at radius 2 is 1.81 bits per heavy atom. The van der Waals surface area contributed by atoms with Gasteiger partial charge in [-0.2, -0.15) is 10.5 Å². The molecule has 0 saturated heterocycles. The Kier molecular flexibility index (Phi) is 3.96. The number of nitriles is 2. The summed E-state index contributed by atoms with van der Waals surface area (Å²) in [7, 11) is 2.05. The van der Waals surface area contributed by atoms with E-state index < -0.39 is 0 Å². The molecule has 0 spiro atoms. The van der Waals surface area contributed by atoms with E-state index in [0.29, 0.717) is 0 Å². The van der Waals surface area contributed by atoms with Crippen LogP contribution in [0.3, 0.4) is 0 Å². The van der Waals surface area contributed by atoms with Crippen molar-refractivity contribution in [2.24, 2.45) is 0 Å². The molecule has 21 heavy (non-hydrogen) atoms. The van der Waals surface area contributed by atoms with Gasteiger partial charge in [0, 0.05) is 23.8 Å². The van der Waals surface area contributed by atoms with Crippen molar-refractivity contribution in [1.82, 2.24) is 0 Å². The summed E-state index contributed by atoms with van der Waals surface area (Å²) in [5, 5.41) is 17.4. The van der Waals surface area contributed by atoms with Gasteiger partial charge in [0.25, 0.3) is 0 Å². The fourth-order valence-corrected chi connectivity index (χ4v) is 2.70. The molecule has 0 N–H and O–H groups in total. The summed E-state index contributed by atoms with van der Waals surface area (Å²) >= 11 is 0. The summed E-state index contributed by atoms with van der Waals surface area (Å²) in [6.45, 7) is 4.39. The van der Waals surface area contributed by atoms with E-state index in [2.05, 4.69) is 44.0 Å². The van der Waals surface area contributed by atoms with Gasteiger partial charge in [-0.3, -0.25) is 0 Å². The van der Waals surface area contributed by atoms with Gasteiger partial charge in [-0.1, -0.05) is 44.2 Å². The van der Waals surface area contributed by atoms with Gasteiger partial charge in [-0.05, 0) is 23.8 Å². The predicted octanol–water partition coefficient (Wildman–Crippen LogP) is 3.83. The van der Waals surface area contributed by atoms with Gasteiger partial charge < -0.3 is 4.90 Å². The molecular formula is C18H17N3. The second-order valence-electron chi connectivity index (χ2n) is 5.44. The van der Waals surface area contributed by atoms with Crippen LogP contribution in [0.1, 0.15) is 19.4 Å². The Morgan fingerprint density at radius 1 is 1.14 bits per heavy atom. The van der Waals surface area contributed by atoms with Gasteiger partial charge >= 0.3 is 0 Å². The Morgan fingerprint density at radius 3 is 2.43 bits per heavy atom. The average molecular weight is 275 g/mol. The number of likely N-dealkylation sites (N-methyl/N-ethyl adjacent to an activating group) is 1.